The number of aromatic nitrogens is 4. The molecule has 1 spiro atoms. The molecule has 0 radical (unpaired) electrons. The third kappa shape index (κ3) is 4.84. The number of ether oxygens (including phenoxy) is 1. The molecule has 0 unspecified atom stereocenters. The number of para-hydroxylation sites is 2. The predicted octanol–water partition coefficient (Wildman–Crippen LogP) is 12.6. The molecule has 0 saturated heterocycles. The number of aryl methyl sites for hydroxylation is 1. The Hall–Kier alpha value is -6.55. The molecule has 0 N–H and O–H groups in total. The minimum absolute atomic E-state index is 0.106. The van der Waals surface area contributed by atoms with Gasteiger partial charge in [-0.1, -0.05) is 93.6 Å². The van der Waals surface area contributed by atoms with Gasteiger partial charge in [0.05, 0.1) is 5.41 Å². The Labute approximate surface area is 363 Å². The summed E-state index contributed by atoms with van der Waals surface area (Å²) in [6.45, 7) is 4.31. The van der Waals surface area contributed by atoms with Crippen molar-refractivity contribution in [1.82, 2.24) is 18.7 Å². The molecule has 0 amide bonds. The van der Waals surface area contributed by atoms with Gasteiger partial charge in [-0.2, -0.15) is 0 Å². The van der Waals surface area contributed by atoms with Crippen LogP contribution < -0.4 is 4.74 Å². The van der Waals surface area contributed by atoms with Crippen LogP contribution in [0.2, 0.25) is 0 Å². The molecule has 292 valence electrons. The van der Waals surface area contributed by atoms with Gasteiger partial charge < -0.3 is 0 Å². The summed E-state index contributed by atoms with van der Waals surface area (Å²) in [5, 5.41) is 2.14. The first-order chi connectivity index (χ1) is 30.4. The first-order valence-electron chi connectivity index (χ1n) is 21.6. The molecular formula is C54H38N4OPt-2. The van der Waals surface area contributed by atoms with Crippen LogP contribution in [-0.2, 0) is 37.2 Å². The number of fused-ring (bicyclic) bond motifs is 14. The molecule has 10 aromatic rings. The number of rotatable bonds is 4. The van der Waals surface area contributed by atoms with Crippen LogP contribution in [0.1, 0.15) is 52.7 Å². The fourth-order valence-corrected chi connectivity index (χ4v) is 10.7. The summed E-state index contributed by atoms with van der Waals surface area (Å²) < 4.78 is 37.6. The van der Waals surface area contributed by atoms with Crippen molar-refractivity contribution in [3.8, 4) is 45.3 Å². The Morgan fingerprint density at radius 3 is 1.95 bits per heavy atom. The van der Waals surface area contributed by atoms with Crippen LogP contribution >= 0.6 is 0 Å². The van der Waals surface area contributed by atoms with Crippen molar-refractivity contribution in [2.45, 2.75) is 31.6 Å². The molecule has 0 aliphatic heterocycles. The Balaban J connectivity index is 1.08. The summed E-state index contributed by atoms with van der Waals surface area (Å²) in [4.78, 5) is 5.05. The quantitative estimate of drug-likeness (QED) is 0.165. The van der Waals surface area contributed by atoms with Crippen molar-refractivity contribution < 1.29 is 28.2 Å². The van der Waals surface area contributed by atoms with Crippen LogP contribution in [0, 0.1) is 15.9 Å². The minimum atomic E-state index is -2.36. The second kappa shape index (κ2) is 12.7. The zero-order valence-corrected chi connectivity index (χ0v) is 35.3. The molecule has 12 rings (SSSR count). The number of pyridine rings is 1. The van der Waals surface area contributed by atoms with Gasteiger partial charge in [0.2, 0.25) is 0 Å². The van der Waals surface area contributed by atoms with Crippen LogP contribution in [0.4, 0.5) is 0 Å². The molecule has 60 heavy (non-hydrogen) atoms. The first-order valence-corrected chi connectivity index (χ1v) is 21.3. The fraction of sp³-hybridized carbons (Fsp3) is 0.111. The molecule has 0 bridgehead atoms. The maximum absolute atomic E-state index is 8.29. The van der Waals surface area contributed by atoms with Crippen molar-refractivity contribution in [3.63, 3.8) is 0 Å². The Bertz CT molecular complexity index is 3580. The molecule has 0 atom stereocenters. The molecule has 7 aromatic carbocycles. The number of benzene rings is 7. The Kier molecular flexibility index (Phi) is 6.85. The number of imidazole rings is 1. The van der Waals surface area contributed by atoms with E-state index in [1.54, 1.807) is 0 Å². The summed E-state index contributed by atoms with van der Waals surface area (Å²) in [6.07, 6.45) is 1.91. The molecule has 0 fully saturated rings. The van der Waals surface area contributed by atoms with Crippen molar-refractivity contribution in [3.05, 3.63) is 202 Å². The first kappa shape index (κ1) is 32.3. The molecule has 3 heterocycles. The number of hydrogen-bond acceptors (Lipinski definition) is 2. The molecule has 6 heteroatoms. The van der Waals surface area contributed by atoms with E-state index >= 15 is 0 Å². The van der Waals surface area contributed by atoms with Gasteiger partial charge in [-0.3, -0.25) is 0 Å². The molecule has 0 saturated carbocycles. The summed E-state index contributed by atoms with van der Waals surface area (Å²) in [5.41, 5.74) is 14.6. The van der Waals surface area contributed by atoms with E-state index in [4.69, 9.17) is 13.8 Å². The van der Waals surface area contributed by atoms with Gasteiger partial charge >= 0.3 is 198 Å². The molecule has 3 aromatic heterocycles. The van der Waals surface area contributed by atoms with Crippen LogP contribution in [0.5, 0.6) is 11.5 Å². The summed E-state index contributed by atoms with van der Waals surface area (Å²) in [7, 11) is 0. The van der Waals surface area contributed by atoms with E-state index in [9.17, 15) is 0 Å². The van der Waals surface area contributed by atoms with E-state index in [1.807, 2.05) is 59.3 Å². The van der Waals surface area contributed by atoms with E-state index in [2.05, 4.69) is 160 Å². The maximum atomic E-state index is 8.29. The zero-order valence-electron chi connectivity index (χ0n) is 36.0. The summed E-state index contributed by atoms with van der Waals surface area (Å²) in [6, 6.07) is 60.2. The summed E-state index contributed by atoms with van der Waals surface area (Å²) >= 11 is 2.08. The second-order valence-electron chi connectivity index (χ2n) is 16.8. The molecule has 5 nitrogen and oxygen atoms in total. The third-order valence-electron chi connectivity index (χ3n) is 12.5. The number of nitrogens with zero attached hydrogens (tertiary/aromatic N) is 4. The van der Waals surface area contributed by atoms with Gasteiger partial charge in [-0.15, -0.1) is 0 Å². The van der Waals surface area contributed by atoms with Crippen LogP contribution in [0.25, 0.3) is 66.6 Å². The van der Waals surface area contributed by atoms with Gasteiger partial charge in [-0.05, 0) is 61.6 Å². The third-order valence-corrected chi connectivity index (χ3v) is 13.5. The van der Waals surface area contributed by atoms with Crippen LogP contribution in [-0.4, -0.2) is 18.7 Å². The van der Waals surface area contributed by atoms with Gasteiger partial charge in [0.1, 0.15) is 0 Å². The monoisotopic (exact) mass is 956 g/mol. The van der Waals surface area contributed by atoms with E-state index < -0.39 is 12.4 Å². The van der Waals surface area contributed by atoms with E-state index in [1.165, 1.54) is 54.6 Å². The van der Waals surface area contributed by atoms with Crippen molar-refractivity contribution >= 4 is 32.8 Å². The topological polar surface area (TPSA) is 36.9 Å². The van der Waals surface area contributed by atoms with Gasteiger partial charge in [0.15, 0.2) is 0 Å². The average molecular weight is 957 g/mol. The van der Waals surface area contributed by atoms with E-state index in [0.29, 0.717) is 26.5 Å². The SMILES string of the molecule is [2H]C([2H])([2H])n1[c](=[Pt])n(-c2[c-]c(Oc3[c-]c4c(cc3)c3cc5c(cc3n4-c3cc(C(C)(C)C)ccn3)C3(c4ccccc4-c4ccccc43)c3ccccc3-5)ccc2)c2ccccc21. The van der Waals surface area contributed by atoms with Crippen LogP contribution in [0.15, 0.2) is 158 Å². The van der Waals surface area contributed by atoms with Crippen molar-refractivity contribution in [2.24, 2.45) is 6.98 Å². The zero-order chi connectivity index (χ0) is 43.0. The van der Waals surface area contributed by atoms with Crippen molar-refractivity contribution in [2.75, 3.05) is 0 Å². The standard InChI is InChI=1S/C54H38N4O.Pt/c1-53(2,3)34-26-27-55-52(28-34)58-50-30-37(59-36-15-13-14-35(29-36)57-33-56(4)48-22-11-12-23-49(48)57)24-25-41(50)43-31-42-40-18-7-10-21-46(40)54(47(42)32-51(43)58)44-19-8-5-16-38(44)39-17-6-9-20-45(39)54;/h5-28,31-32H,1-4H3;/q-2;/i4D3;. The second-order valence-corrected chi connectivity index (χ2v) is 17.8. The van der Waals surface area contributed by atoms with Crippen molar-refractivity contribution in [1.29, 1.82) is 0 Å². The average Bonchev–Trinajstić information content (AvgIpc) is 3.96. The molecule has 2 aliphatic carbocycles. The van der Waals surface area contributed by atoms with Gasteiger partial charge in [0, 0.05) is 6.20 Å². The van der Waals surface area contributed by atoms with E-state index in [0.717, 1.165) is 33.1 Å². The molecular weight excluding hydrogens is 916 g/mol. The van der Waals surface area contributed by atoms with Gasteiger partial charge in [-0.25, -0.2) is 0 Å². The Morgan fingerprint density at radius 2 is 1.25 bits per heavy atom. The fourth-order valence-electron chi connectivity index (χ4n) is 9.90. The molecule has 2 aliphatic rings. The normalized spacial score (nSPS) is 14.5. The van der Waals surface area contributed by atoms with E-state index in [-0.39, 0.29) is 5.41 Å². The predicted molar refractivity (Wildman–Crippen MR) is 237 cm³/mol. The number of hydrogen-bond donors (Lipinski definition) is 0. The summed E-state index contributed by atoms with van der Waals surface area (Å²) in [5.74, 6) is 1.80. The Morgan fingerprint density at radius 1 is 0.600 bits per heavy atom. The van der Waals surface area contributed by atoms with Crippen LogP contribution in [0.3, 0.4) is 0 Å². The van der Waals surface area contributed by atoms with Gasteiger partial charge in [0.25, 0.3) is 0 Å².